The van der Waals surface area contributed by atoms with Gasteiger partial charge in [-0.25, -0.2) is 13.1 Å². The molecule has 0 aromatic heterocycles. The molecule has 1 aromatic rings. The second kappa shape index (κ2) is 8.48. The maximum Gasteiger partial charge on any atom is 0.227 e. The number of nitrogens with one attached hydrogen (secondary N) is 2. The Labute approximate surface area is 160 Å². The van der Waals surface area contributed by atoms with E-state index in [4.69, 9.17) is 9.47 Å². The van der Waals surface area contributed by atoms with E-state index < -0.39 is 15.3 Å². The third-order valence-electron chi connectivity index (χ3n) is 5.34. The Morgan fingerprint density at radius 3 is 2.48 bits per heavy atom. The number of anilines is 1. The van der Waals surface area contributed by atoms with Gasteiger partial charge in [-0.3, -0.25) is 4.79 Å². The van der Waals surface area contributed by atoms with Gasteiger partial charge in [0.2, 0.25) is 15.9 Å². The SMILES string of the molecule is CCC(C)S(=O)(=O)N[C@H]1CC[C@H](C(=O)Nc2ccc3c(c2)OCCO3)CC1. The first-order valence-electron chi connectivity index (χ1n) is 9.60. The lowest BCUT2D eigenvalue weighted by molar-refractivity contribution is -0.120. The minimum atomic E-state index is -3.28. The van der Waals surface area contributed by atoms with Crippen LogP contribution in [0.2, 0.25) is 0 Å². The zero-order chi connectivity index (χ0) is 19.4. The Morgan fingerprint density at radius 2 is 1.81 bits per heavy atom. The van der Waals surface area contributed by atoms with Crippen LogP contribution in [0.4, 0.5) is 5.69 Å². The summed E-state index contributed by atoms with van der Waals surface area (Å²) in [5, 5.41) is 2.54. The van der Waals surface area contributed by atoms with Crippen molar-refractivity contribution in [2.45, 2.75) is 57.2 Å². The first-order chi connectivity index (χ1) is 12.9. The molecular formula is C19H28N2O5S. The molecule has 1 aliphatic heterocycles. The van der Waals surface area contributed by atoms with E-state index in [1.165, 1.54) is 0 Å². The fraction of sp³-hybridized carbons (Fsp3) is 0.632. The van der Waals surface area contributed by atoms with Gasteiger partial charge in [0.15, 0.2) is 11.5 Å². The number of benzene rings is 1. The summed E-state index contributed by atoms with van der Waals surface area (Å²) in [7, 11) is -3.28. The highest BCUT2D eigenvalue weighted by Gasteiger charge is 2.30. The lowest BCUT2D eigenvalue weighted by atomic mass is 9.86. The molecule has 2 aliphatic rings. The number of sulfonamides is 1. The molecule has 3 rings (SSSR count). The Hall–Kier alpha value is -1.80. The number of carbonyl (C=O) groups excluding carboxylic acids is 1. The van der Waals surface area contributed by atoms with Gasteiger partial charge in [0.1, 0.15) is 13.2 Å². The first kappa shape index (κ1) is 19.9. The molecule has 1 amide bonds. The van der Waals surface area contributed by atoms with Crippen molar-refractivity contribution >= 4 is 21.6 Å². The van der Waals surface area contributed by atoms with Gasteiger partial charge in [0.25, 0.3) is 0 Å². The van der Waals surface area contributed by atoms with Crippen molar-refractivity contribution in [3.8, 4) is 11.5 Å². The van der Waals surface area contributed by atoms with E-state index in [2.05, 4.69) is 10.0 Å². The number of fused-ring (bicyclic) bond motifs is 1. The molecule has 8 heteroatoms. The maximum absolute atomic E-state index is 12.6. The monoisotopic (exact) mass is 396 g/mol. The van der Waals surface area contributed by atoms with Crippen LogP contribution in [-0.2, 0) is 14.8 Å². The molecular weight excluding hydrogens is 368 g/mol. The largest absolute Gasteiger partial charge is 0.486 e. The fourth-order valence-electron chi connectivity index (χ4n) is 3.41. The van der Waals surface area contributed by atoms with Crippen LogP contribution >= 0.6 is 0 Å². The number of hydrogen-bond donors (Lipinski definition) is 2. The van der Waals surface area contributed by atoms with Crippen molar-refractivity contribution in [3.05, 3.63) is 18.2 Å². The topological polar surface area (TPSA) is 93.7 Å². The van der Waals surface area contributed by atoms with Gasteiger partial charge in [0.05, 0.1) is 5.25 Å². The van der Waals surface area contributed by atoms with Crippen molar-refractivity contribution in [3.63, 3.8) is 0 Å². The molecule has 0 bridgehead atoms. The summed E-state index contributed by atoms with van der Waals surface area (Å²) in [6, 6.07) is 5.29. The lowest BCUT2D eigenvalue weighted by Crippen LogP contribution is -2.42. The zero-order valence-electron chi connectivity index (χ0n) is 15.9. The van der Waals surface area contributed by atoms with Crippen molar-refractivity contribution < 1.29 is 22.7 Å². The van der Waals surface area contributed by atoms with Crippen LogP contribution < -0.4 is 19.5 Å². The molecule has 0 radical (unpaired) electrons. The van der Waals surface area contributed by atoms with Gasteiger partial charge in [0, 0.05) is 23.7 Å². The molecule has 150 valence electrons. The Bertz CT molecular complexity index is 772. The van der Waals surface area contributed by atoms with E-state index in [1.54, 1.807) is 25.1 Å². The molecule has 1 unspecified atom stereocenters. The van der Waals surface area contributed by atoms with E-state index >= 15 is 0 Å². The summed E-state index contributed by atoms with van der Waals surface area (Å²) in [4.78, 5) is 12.6. The van der Waals surface area contributed by atoms with E-state index in [0.717, 1.165) is 0 Å². The quantitative estimate of drug-likeness (QED) is 0.771. The third-order valence-corrected chi connectivity index (χ3v) is 7.40. The second-order valence-corrected chi connectivity index (χ2v) is 9.41. The molecule has 1 aliphatic carbocycles. The number of hydrogen-bond acceptors (Lipinski definition) is 5. The minimum absolute atomic E-state index is 0.0325. The van der Waals surface area contributed by atoms with Gasteiger partial charge < -0.3 is 14.8 Å². The highest BCUT2D eigenvalue weighted by atomic mass is 32.2. The highest BCUT2D eigenvalue weighted by Crippen LogP contribution is 2.33. The smallest absolute Gasteiger partial charge is 0.227 e. The van der Waals surface area contributed by atoms with Crippen LogP contribution in [0.3, 0.4) is 0 Å². The normalized spacial score (nSPS) is 23.5. The lowest BCUT2D eigenvalue weighted by Gasteiger charge is -2.29. The van der Waals surface area contributed by atoms with Crippen LogP contribution in [0.25, 0.3) is 0 Å². The molecule has 1 atom stereocenters. The Kier molecular flexibility index (Phi) is 6.26. The van der Waals surface area contributed by atoms with Crippen LogP contribution in [0.1, 0.15) is 46.0 Å². The number of ether oxygens (including phenoxy) is 2. The van der Waals surface area contributed by atoms with Crippen LogP contribution in [0, 0.1) is 5.92 Å². The van der Waals surface area contributed by atoms with Gasteiger partial charge in [-0.2, -0.15) is 0 Å². The van der Waals surface area contributed by atoms with Crippen LogP contribution in [0.15, 0.2) is 18.2 Å². The van der Waals surface area contributed by atoms with Crippen LogP contribution in [0.5, 0.6) is 11.5 Å². The average Bonchev–Trinajstić information content (AvgIpc) is 2.67. The van der Waals surface area contributed by atoms with Crippen molar-refractivity contribution in [2.75, 3.05) is 18.5 Å². The molecule has 0 saturated heterocycles. The van der Waals surface area contributed by atoms with Gasteiger partial charge in [-0.1, -0.05) is 6.92 Å². The van der Waals surface area contributed by atoms with Gasteiger partial charge in [-0.15, -0.1) is 0 Å². The molecule has 2 N–H and O–H groups in total. The number of rotatable bonds is 6. The molecule has 1 heterocycles. The highest BCUT2D eigenvalue weighted by molar-refractivity contribution is 7.90. The van der Waals surface area contributed by atoms with E-state index in [0.29, 0.717) is 62.5 Å². The van der Waals surface area contributed by atoms with Crippen molar-refractivity contribution in [1.82, 2.24) is 4.72 Å². The molecule has 1 fully saturated rings. The van der Waals surface area contributed by atoms with Gasteiger partial charge >= 0.3 is 0 Å². The zero-order valence-corrected chi connectivity index (χ0v) is 16.7. The Morgan fingerprint density at radius 1 is 1.15 bits per heavy atom. The standard InChI is InChI=1S/C19H28N2O5S/c1-3-13(2)27(23,24)21-15-6-4-14(5-7-15)19(22)20-16-8-9-17-18(12-16)26-11-10-25-17/h8-9,12-15,21H,3-7,10-11H2,1-2H3,(H,20,22)/t13?,14-,15-. The predicted molar refractivity (Wildman–Crippen MR) is 104 cm³/mol. The Balaban J connectivity index is 1.51. The van der Waals surface area contributed by atoms with E-state index in [9.17, 15) is 13.2 Å². The molecule has 7 nitrogen and oxygen atoms in total. The molecule has 1 saturated carbocycles. The van der Waals surface area contributed by atoms with Crippen molar-refractivity contribution in [1.29, 1.82) is 0 Å². The summed E-state index contributed by atoms with van der Waals surface area (Å²) < 4.78 is 38.2. The maximum atomic E-state index is 12.6. The number of carbonyl (C=O) groups is 1. The van der Waals surface area contributed by atoms with Gasteiger partial charge in [-0.05, 0) is 51.2 Å². The van der Waals surface area contributed by atoms with E-state index in [1.807, 2.05) is 6.92 Å². The summed E-state index contributed by atoms with van der Waals surface area (Å²) in [5.41, 5.74) is 0.684. The molecule has 27 heavy (non-hydrogen) atoms. The number of amides is 1. The van der Waals surface area contributed by atoms with Crippen molar-refractivity contribution in [2.24, 2.45) is 5.92 Å². The third kappa shape index (κ3) is 4.93. The minimum Gasteiger partial charge on any atom is -0.486 e. The predicted octanol–water partition coefficient (Wildman–Crippen LogP) is 2.67. The molecule has 0 spiro atoms. The summed E-state index contributed by atoms with van der Waals surface area (Å²) in [6.07, 6.45) is 3.28. The average molecular weight is 397 g/mol. The second-order valence-electron chi connectivity index (χ2n) is 7.28. The summed E-state index contributed by atoms with van der Waals surface area (Å²) in [6.45, 7) is 4.61. The first-order valence-corrected chi connectivity index (χ1v) is 11.2. The summed E-state index contributed by atoms with van der Waals surface area (Å²) in [5.74, 6) is 1.19. The molecule has 1 aromatic carbocycles. The summed E-state index contributed by atoms with van der Waals surface area (Å²) >= 11 is 0. The van der Waals surface area contributed by atoms with Crippen LogP contribution in [-0.4, -0.2) is 38.8 Å². The van der Waals surface area contributed by atoms with E-state index in [-0.39, 0.29) is 17.9 Å². The fourth-order valence-corrected chi connectivity index (χ4v) is 4.78.